The Bertz CT molecular complexity index is 1030. The highest BCUT2D eigenvalue weighted by Gasteiger charge is 2.17. The van der Waals surface area contributed by atoms with Crippen LogP contribution < -0.4 is 15.4 Å². The summed E-state index contributed by atoms with van der Waals surface area (Å²) in [7, 11) is 5.50. The van der Waals surface area contributed by atoms with Crippen LogP contribution in [-0.4, -0.2) is 59.1 Å². The van der Waals surface area contributed by atoms with Gasteiger partial charge in [0.25, 0.3) is 5.69 Å². The van der Waals surface area contributed by atoms with Crippen LogP contribution >= 0.6 is 0 Å². The Kier molecular flexibility index (Phi) is 7.28. The van der Waals surface area contributed by atoms with E-state index in [4.69, 9.17) is 4.74 Å². The molecule has 3 aromatic rings. The van der Waals surface area contributed by atoms with Crippen LogP contribution in [-0.2, 0) is 0 Å². The van der Waals surface area contributed by atoms with Crippen LogP contribution in [0.15, 0.2) is 48.8 Å². The first-order valence-corrected chi connectivity index (χ1v) is 9.74. The topological polar surface area (TPSA) is 118 Å². The molecule has 0 aliphatic rings. The molecule has 0 amide bonds. The molecule has 162 valence electrons. The highest BCUT2D eigenvalue weighted by molar-refractivity contribution is 5.72. The van der Waals surface area contributed by atoms with E-state index in [-0.39, 0.29) is 5.69 Å². The van der Waals surface area contributed by atoms with E-state index in [0.29, 0.717) is 35.4 Å². The summed E-state index contributed by atoms with van der Waals surface area (Å²) < 4.78 is 5.10. The number of hydrogen-bond acceptors (Lipinski definition) is 9. The number of nitro groups is 1. The maximum absolute atomic E-state index is 11.5. The number of anilines is 3. The third kappa shape index (κ3) is 6.09. The second-order valence-electron chi connectivity index (χ2n) is 7.05. The fourth-order valence-electron chi connectivity index (χ4n) is 2.88. The number of methoxy groups -OCH3 is 1. The molecule has 2 N–H and O–H groups in total. The summed E-state index contributed by atoms with van der Waals surface area (Å²) in [6.07, 6.45) is 4.31. The van der Waals surface area contributed by atoms with Crippen molar-refractivity contribution in [3.05, 3.63) is 58.9 Å². The van der Waals surface area contributed by atoms with Crippen LogP contribution in [0.25, 0.3) is 11.3 Å². The molecule has 0 radical (unpaired) electrons. The summed E-state index contributed by atoms with van der Waals surface area (Å²) in [6.45, 7) is 1.62. The lowest BCUT2D eigenvalue weighted by molar-refractivity contribution is -0.384. The van der Waals surface area contributed by atoms with Crippen molar-refractivity contribution in [2.24, 2.45) is 0 Å². The monoisotopic (exact) mass is 423 g/mol. The van der Waals surface area contributed by atoms with Gasteiger partial charge in [-0.05, 0) is 51.3 Å². The Morgan fingerprint density at radius 3 is 2.71 bits per heavy atom. The van der Waals surface area contributed by atoms with Gasteiger partial charge in [-0.3, -0.25) is 15.1 Å². The zero-order valence-corrected chi connectivity index (χ0v) is 17.7. The van der Waals surface area contributed by atoms with E-state index in [2.05, 4.69) is 30.5 Å². The smallest absolute Gasteiger partial charge is 0.296 e. The van der Waals surface area contributed by atoms with Crippen LogP contribution in [0.2, 0.25) is 0 Å². The normalized spacial score (nSPS) is 10.7. The summed E-state index contributed by atoms with van der Waals surface area (Å²) in [5, 5.41) is 17.8. The van der Waals surface area contributed by atoms with Gasteiger partial charge in [-0.15, -0.1) is 0 Å². The average Bonchev–Trinajstić information content (AvgIpc) is 2.77. The largest absolute Gasteiger partial charge is 0.496 e. The molecule has 10 heteroatoms. The molecular formula is C21H25N7O3. The third-order valence-electron chi connectivity index (χ3n) is 4.41. The quantitative estimate of drug-likeness (QED) is 0.286. The maximum atomic E-state index is 11.5. The minimum atomic E-state index is -0.464. The number of aromatic nitrogens is 3. The number of pyridine rings is 1. The van der Waals surface area contributed by atoms with Gasteiger partial charge in [0.05, 0.1) is 23.8 Å². The molecule has 0 bridgehead atoms. The third-order valence-corrected chi connectivity index (χ3v) is 4.41. The van der Waals surface area contributed by atoms with Gasteiger partial charge in [-0.1, -0.05) is 0 Å². The SMILES string of the molecule is COc1ccc(Nc2cc(-c3cccnc3)nc(NCCCN(C)C)n2)c([N+](=O)[O-])c1. The highest BCUT2D eigenvalue weighted by atomic mass is 16.6. The van der Waals surface area contributed by atoms with E-state index < -0.39 is 4.92 Å². The minimum Gasteiger partial charge on any atom is -0.496 e. The molecule has 0 atom stereocenters. The molecular weight excluding hydrogens is 398 g/mol. The Labute approximate surface area is 180 Å². The number of nitrogens with one attached hydrogen (secondary N) is 2. The van der Waals surface area contributed by atoms with Gasteiger partial charge >= 0.3 is 0 Å². The second kappa shape index (κ2) is 10.3. The van der Waals surface area contributed by atoms with E-state index in [0.717, 1.165) is 18.5 Å². The lowest BCUT2D eigenvalue weighted by Crippen LogP contribution is -2.17. The van der Waals surface area contributed by atoms with Gasteiger partial charge in [0, 0.05) is 30.6 Å². The van der Waals surface area contributed by atoms with Gasteiger partial charge in [0.2, 0.25) is 5.95 Å². The predicted octanol–water partition coefficient (Wildman–Crippen LogP) is 3.56. The maximum Gasteiger partial charge on any atom is 0.296 e. The number of nitrogens with zero attached hydrogens (tertiary/aromatic N) is 5. The number of rotatable bonds is 10. The minimum absolute atomic E-state index is 0.110. The Morgan fingerprint density at radius 2 is 2.03 bits per heavy atom. The van der Waals surface area contributed by atoms with Crippen molar-refractivity contribution in [2.45, 2.75) is 6.42 Å². The van der Waals surface area contributed by atoms with Crippen molar-refractivity contribution in [1.29, 1.82) is 0 Å². The van der Waals surface area contributed by atoms with Crippen LogP contribution in [0.3, 0.4) is 0 Å². The Balaban J connectivity index is 1.92. The molecule has 10 nitrogen and oxygen atoms in total. The second-order valence-corrected chi connectivity index (χ2v) is 7.05. The molecule has 0 fully saturated rings. The van der Waals surface area contributed by atoms with E-state index in [1.165, 1.54) is 13.2 Å². The van der Waals surface area contributed by atoms with Gasteiger partial charge in [-0.25, -0.2) is 4.98 Å². The lowest BCUT2D eigenvalue weighted by Gasteiger charge is -2.13. The van der Waals surface area contributed by atoms with Crippen molar-refractivity contribution in [3.8, 4) is 17.0 Å². The first-order valence-electron chi connectivity index (χ1n) is 9.74. The van der Waals surface area contributed by atoms with Crippen molar-refractivity contribution in [2.75, 3.05) is 44.9 Å². The molecule has 0 aliphatic carbocycles. The molecule has 1 aromatic carbocycles. The van der Waals surface area contributed by atoms with E-state index in [1.54, 1.807) is 30.6 Å². The van der Waals surface area contributed by atoms with Gasteiger partial charge in [-0.2, -0.15) is 4.98 Å². The summed E-state index contributed by atoms with van der Waals surface area (Å²) in [5.74, 6) is 1.26. The van der Waals surface area contributed by atoms with E-state index in [9.17, 15) is 10.1 Å². The Morgan fingerprint density at radius 1 is 1.19 bits per heavy atom. The highest BCUT2D eigenvalue weighted by Crippen LogP contribution is 2.32. The number of hydrogen-bond donors (Lipinski definition) is 2. The van der Waals surface area contributed by atoms with Crippen LogP contribution in [0.1, 0.15) is 6.42 Å². The molecule has 0 saturated heterocycles. The Hall–Kier alpha value is -3.79. The predicted molar refractivity (Wildman–Crippen MR) is 120 cm³/mol. The van der Waals surface area contributed by atoms with Crippen LogP contribution in [0.5, 0.6) is 5.75 Å². The molecule has 0 spiro atoms. The van der Waals surface area contributed by atoms with Gasteiger partial charge in [0.15, 0.2) is 0 Å². The molecule has 0 unspecified atom stereocenters. The molecule has 31 heavy (non-hydrogen) atoms. The fraction of sp³-hybridized carbons (Fsp3) is 0.286. The molecule has 3 rings (SSSR count). The lowest BCUT2D eigenvalue weighted by atomic mass is 10.2. The standard InChI is InChI=1S/C21H25N7O3/c1-27(2)11-5-10-23-21-25-18(15-6-4-9-22-14-15)13-20(26-21)24-17-8-7-16(31-3)12-19(17)28(29)30/h4,6-9,12-14H,5,10-11H2,1-3H3,(H2,23,24,25,26). The van der Waals surface area contributed by atoms with Gasteiger partial charge in [0.1, 0.15) is 17.3 Å². The van der Waals surface area contributed by atoms with E-state index >= 15 is 0 Å². The zero-order chi connectivity index (χ0) is 22.2. The van der Waals surface area contributed by atoms with Crippen molar-refractivity contribution in [1.82, 2.24) is 19.9 Å². The fourth-order valence-corrected chi connectivity index (χ4v) is 2.88. The molecule has 0 saturated carbocycles. The summed E-state index contributed by atoms with van der Waals surface area (Å²) in [5.41, 5.74) is 1.66. The van der Waals surface area contributed by atoms with Crippen molar-refractivity contribution in [3.63, 3.8) is 0 Å². The number of ether oxygens (including phenoxy) is 1. The zero-order valence-electron chi connectivity index (χ0n) is 17.7. The van der Waals surface area contributed by atoms with Crippen LogP contribution in [0.4, 0.5) is 23.1 Å². The van der Waals surface area contributed by atoms with E-state index in [1.807, 2.05) is 26.2 Å². The van der Waals surface area contributed by atoms with Crippen molar-refractivity contribution >= 4 is 23.1 Å². The molecule has 2 aromatic heterocycles. The summed E-state index contributed by atoms with van der Waals surface area (Å²) >= 11 is 0. The average molecular weight is 423 g/mol. The summed E-state index contributed by atoms with van der Waals surface area (Å²) in [6, 6.07) is 10.1. The first-order chi connectivity index (χ1) is 15.0. The van der Waals surface area contributed by atoms with Gasteiger partial charge < -0.3 is 20.3 Å². The molecule has 2 heterocycles. The number of nitro benzene ring substituents is 1. The summed E-state index contributed by atoms with van der Waals surface area (Å²) in [4.78, 5) is 26.4. The number of benzene rings is 1. The van der Waals surface area contributed by atoms with Crippen LogP contribution in [0, 0.1) is 10.1 Å². The van der Waals surface area contributed by atoms with Crippen molar-refractivity contribution < 1.29 is 9.66 Å². The molecule has 0 aliphatic heterocycles. The first kappa shape index (κ1) is 21.9.